The van der Waals surface area contributed by atoms with E-state index in [0.717, 1.165) is 20.2 Å². The largest absolute Gasteiger partial charge is 0.278 e. The average molecular weight is 229 g/mol. The molecule has 78 valence electrons. The molecule has 0 unspecified atom stereocenters. The van der Waals surface area contributed by atoms with Crippen LogP contribution >= 0.6 is 11.3 Å². The van der Waals surface area contributed by atoms with Crippen LogP contribution in [0.3, 0.4) is 0 Å². The summed E-state index contributed by atoms with van der Waals surface area (Å²) in [6.07, 6.45) is 0. The van der Waals surface area contributed by atoms with E-state index in [4.69, 9.17) is 0 Å². The van der Waals surface area contributed by atoms with Crippen LogP contribution in [0.5, 0.6) is 0 Å². The average Bonchev–Trinajstić information content (AvgIpc) is 2.66. The normalized spacial score (nSPS) is 11.0. The van der Waals surface area contributed by atoms with Crippen molar-refractivity contribution in [1.29, 1.82) is 0 Å². The minimum atomic E-state index is -0.318. The van der Waals surface area contributed by atoms with Crippen molar-refractivity contribution >= 4 is 37.2 Å². The Morgan fingerprint density at radius 3 is 2.56 bits per heavy atom. The topological polar surface area (TPSA) is 43.1 Å². The molecule has 1 aromatic heterocycles. The lowest BCUT2D eigenvalue weighted by atomic mass is 10.1. The Hall–Kier alpha value is -1.94. The van der Waals surface area contributed by atoms with E-state index in [-0.39, 0.29) is 10.6 Å². The molecule has 3 aromatic rings. The van der Waals surface area contributed by atoms with Gasteiger partial charge in [0.25, 0.3) is 5.69 Å². The second-order valence-corrected chi connectivity index (χ2v) is 4.59. The first-order valence-corrected chi connectivity index (χ1v) is 5.63. The molecule has 0 spiro atoms. The number of nitrogens with zero attached hydrogens (tertiary/aromatic N) is 1. The molecule has 0 fully saturated rings. The number of hydrogen-bond acceptors (Lipinski definition) is 3. The zero-order valence-electron chi connectivity index (χ0n) is 8.21. The van der Waals surface area contributed by atoms with Crippen LogP contribution < -0.4 is 0 Å². The molecule has 0 aliphatic carbocycles. The van der Waals surface area contributed by atoms with Gasteiger partial charge in [-0.1, -0.05) is 24.3 Å². The Morgan fingerprint density at radius 2 is 1.75 bits per heavy atom. The van der Waals surface area contributed by atoms with Crippen molar-refractivity contribution in [2.24, 2.45) is 0 Å². The molecule has 16 heavy (non-hydrogen) atoms. The van der Waals surface area contributed by atoms with Crippen molar-refractivity contribution in [2.45, 2.75) is 0 Å². The van der Waals surface area contributed by atoms with Crippen LogP contribution in [-0.2, 0) is 0 Å². The number of nitro benzene ring substituents is 1. The van der Waals surface area contributed by atoms with Crippen LogP contribution in [0, 0.1) is 10.1 Å². The van der Waals surface area contributed by atoms with E-state index >= 15 is 0 Å². The molecule has 2 aromatic carbocycles. The summed E-state index contributed by atoms with van der Waals surface area (Å²) in [5, 5.41) is 12.7. The van der Waals surface area contributed by atoms with Crippen LogP contribution in [0.25, 0.3) is 20.2 Å². The van der Waals surface area contributed by atoms with Gasteiger partial charge in [0.05, 0.1) is 10.3 Å². The van der Waals surface area contributed by atoms with E-state index in [0.29, 0.717) is 0 Å². The van der Waals surface area contributed by atoms with Gasteiger partial charge in [0, 0.05) is 20.9 Å². The van der Waals surface area contributed by atoms with Crippen LogP contribution in [0.4, 0.5) is 5.69 Å². The van der Waals surface area contributed by atoms with Gasteiger partial charge in [-0.05, 0) is 12.1 Å². The van der Waals surface area contributed by atoms with Crippen molar-refractivity contribution in [3.63, 3.8) is 0 Å². The number of fused-ring (bicyclic) bond motifs is 3. The van der Waals surface area contributed by atoms with E-state index in [1.54, 1.807) is 23.5 Å². The van der Waals surface area contributed by atoms with E-state index in [9.17, 15) is 10.1 Å². The number of thiophene rings is 1. The predicted molar refractivity (Wildman–Crippen MR) is 66.0 cm³/mol. The molecule has 3 rings (SSSR count). The zero-order valence-corrected chi connectivity index (χ0v) is 9.03. The Morgan fingerprint density at radius 1 is 1.00 bits per heavy atom. The summed E-state index contributed by atoms with van der Waals surface area (Å²) in [5.41, 5.74) is 0.190. The van der Waals surface area contributed by atoms with E-state index < -0.39 is 0 Å². The Kier molecular flexibility index (Phi) is 1.91. The second-order valence-electron chi connectivity index (χ2n) is 3.51. The minimum absolute atomic E-state index is 0.190. The zero-order chi connectivity index (χ0) is 11.1. The number of hydrogen-bond donors (Lipinski definition) is 0. The van der Waals surface area contributed by atoms with Gasteiger partial charge >= 0.3 is 0 Å². The molecular weight excluding hydrogens is 222 g/mol. The minimum Gasteiger partial charge on any atom is -0.258 e. The first-order chi connectivity index (χ1) is 7.77. The maximum absolute atomic E-state index is 11.0. The molecule has 0 N–H and O–H groups in total. The molecule has 0 radical (unpaired) electrons. The quantitative estimate of drug-likeness (QED) is 0.468. The molecule has 0 aliphatic heterocycles. The van der Waals surface area contributed by atoms with Gasteiger partial charge in [0.2, 0.25) is 0 Å². The van der Waals surface area contributed by atoms with Crippen molar-refractivity contribution < 1.29 is 4.92 Å². The van der Waals surface area contributed by atoms with Crippen molar-refractivity contribution in [3.8, 4) is 0 Å². The number of benzene rings is 2. The monoisotopic (exact) mass is 229 g/mol. The molecular formula is C12H7NO2S. The smallest absolute Gasteiger partial charge is 0.258 e. The number of non-ortho nitro benzene ring substituents is 1. The molecule has 0 aliphatic rings. The fraction of sp³-hybridized carbons (Fsp3) is 0. The maximum Gasteiger partial charge on any atom is 0.278 e. The lowest BCUT2D eigenvalue weighted by Gasteiger charge is -1.94. The van der Waals surface area contributed by atoms with Gasteiger partial charge < -0.3 is 0 Å². The summed E-state index contributed by atoms with van der Waals surface area (Å²) in [6, 6.07) is 13.0. The number of nitro groups is 1. The van der Waals surface area contributed by atoms with Gasteiger partial charge in [-0.15, -0.1) is 11.3 Å². The van der Waals surface area contributed by atoms with Crippen LogP contribution in [-0.4, -0.2) is 4.92 Å². The highest BCUT2D eigenvalue weighted by atomic mass is 32.1. The predicted octanol–water partition coefficient (Wildman–Crippen LogP) is 3.96. The van der Waals surface area contributed by atoms with E-state index in [1.807, 2.05) is 30.3 Å². The molecule has 0 saturated heterocycles. The molecule has 0 bridgehead atoms. The van der Waals surface area contributed by atoms with Gasteiger partial charge in [-0.3, -0.25) is 10.1 Å². The number of rotatable bonds is 1. The van der Waals surface area contributed by atoms with Gasteiger partial charge in [-0.25, -0.2) is 0 Å². The van der Waals surface area contributed by atoms with Crippen LogP contribution in [0.1, 0.15) is 0 Å². The van der Waals surface area contributed by atoms with E-state index in [1.165, 1.54) is 0 Å². The van der Waals surface area contributed by atoms with Crippen LogP contribution in [0.2, 0.25) is 0 Å². The van der Waals surface area contributed by atoms with Gasteiger partial charge in [-0.2, -0.15) is 0 Å². The Bertz CT molecular complexity index is 702. The molecule has 0 atom stereocenters. The highest BCUT2D eigenvalue weighted by Gasteiger charge is 2.15. The highest BCUT2D eigenvalue weighted by molar-refractivity contribution is 7.25. The fourth-order valence-electron chi connectivity index (χ4n) is 1.91. The molecule has 3 nitrogen and oxygen atoms in total. The summed E-state index contributed by atoms with van der Waals surface area (Å²) >= 11 is 1.59. The lowest BCUT2D eigenvalue weighted by Crippen LogP contribution is -1.87. The third-order valence-electron chi connectivity index (χ3n) is 2.58. The summed E-state index contributed by atoms with van der Waals surface area (Å²) in [6.45, 7) is 0. The van der Waals surface area contributed by atoms with Gasteiger partial charge in [0.15, 0.2) is 0 Å². The molecule has 0 saturated carbocycles. The van der Waals surface area contributed by atoms with Gasteiger partial charge in [0.1, 0.15) is 0 Å². The third kappa shape index (κ3) is 1.20. The highest BCUT2D eigenvalue weighted by Crippen LogP contribution is 2.38. The van der Waals surface area contributed by atoms with Crippen molar-refractivity contribution in [3.05, 3.63) is 52.6 Å². The summed E-state index contributed by atoms with van der Waals surface area (Å²) in [5.74, 6) is 0. The Labute approximate surface area is 95.1 Å². The third-order valence-corrected chi connectivity index (χ3v) is 3.71. The SMILES string of the molecule is O=[N+]([O-])c1cccc2sc3ccccc3c12. The first kappa shape index (κ1) is 9.30. The summed E-state index contributed by atoms with van der Waals surface area (Å²) < 4.78 is 2.06. The van der Waals surface area contributed by atoms with Crippen molar-refractivity contribution in [2.75, 3.05) is 0 Å². The van der Waals surface area contributed by atoms with Crippen LogP contribution in [0.15, 0.2) is 42.5 Å². The Balaban J connectivity index is 2.57. The fourth-order valence-corrected chi connectivity index (χ4v) is 3.03. The summed E-state index contributed by atoms with van der Waals surface area (Å²) in [7, 11) is 0. The summed E-state index contributed by atoms with van der Waals surface area (Å²) in [4.78, 5) is 10.6. The maximum atomic E-state index is 11.0. The van der Waals surface area contributed by atoms with E-state index in [2.05, 4.69) is 0 Å². The molecule has 0 amide bonds. The standard InChI is InChI=1S/C12H7NO2S/c14-13(15)9-5-3-7-11-12(9)8-4-1-2-6-10(8)16-11/h1-7H. The first-order valence-electron chi connectivity index (χ1n) is 4.82. The second kappa shape index (κ2) is 3.28. The molecule has 1 heterocycles. The lowest BCUT2D eigenvalue weighted by molar-refractivity contribution is -0.383. The molecule has 4 heteroatoms. The van der Waals surface area contributed by atoms with Crippen molar-refractivity contribution in [1.82, 2.24) is 0 Å².